The minimum absolute atomic E-state index is 0.117. The van der Waals surface area contributed by atoms with E-state index >= 15 is 0 Å². The normalized spacial score (nSPS) is 13.1. The quantitative estimate of drug-likeness (QED) is 0.184. The van der Waals surface area contributed by atoms with Crippen molar-refractivity contribution in [2.75, 3.05) is 0 Å². The van der Waals surface area contributed by atoms with Gasteiger partial charge >= 0.3 is 0 Å². The number of rotatable bonds is 4. The van der Waals surface area contributed by atoms with Crippen LogP contribution in [0.2, 0.25) is 0 Å². The van der Waals surface area contributed by atoms with Gasteiger partial charge in [-0.3, -0.25) is 0 Å². The van der Waals surface area contributed by atoms with Crippen LogP contribution in [-0.4, -0.2) is 9.97 Å². The number of nitrogens with zero attached hydrogens (tertiary/aromatic N) is 2. The third-order valence-corrected chi connectivity index (χ3v) is 11.5. The zero-order valence-electron chi connectivity index (χ0n) is 30.0. The molecular formula is C51H34N2O. The van der Waals surface area contributed by atoms with Gasteiger partial charge in [-0.05, 0) is 91.3 Å². The Hall–Kier alpha value is -6.84. The molecule has 0 atom stereocenters. The molecule has 54 heavy (non-hydrogen) atoms. The summed E-state index contributed by atoms with van der Waals surface area (Å²) in [7, 11) is 0. The van der Waals surface area contributed by atoms with Crippen molar-refractivity contribution < 1.29 is 4.42 Å². The molecule has 11 rings (SSSR count). The van der Waals surface area contributed by atoms with Crippen LogP contribution in [0.25, 0.3) is 99.6 Å². The van der Waals surface area contributed by atoms with Crippen molar-refractivity contribution in [1.29, 1.82) is 0 Å². The van der Waals surface area contributed by atoms with E-state index in [0.29, 0.717) is 5.82 Å². The predicted molar refractivity (Wildman–Crippen MR) is 224 cm³/mol. The summed E-state index contributed by atoms with van der Waals surface area (Å²) < 4.78 is 6.29. The molecule has 2 heterocycles. The smallest absolute Gasteiger partial charge is 0.161 e. The second-order valence-electron chi connectivity index (χ2n) is 14.9. The van der Waals surface area contributed by atoms with Crippen LogP contribution in [0, 0.1) is 0 Å². The maximum atomic E-state index is 6.29. The first-order valence-electron chi connectivity index (χ1n) is 18.6. The van der Waals surface area contributed by atoms with Crippen molar-refractivity contribution >= 4 is 43.5 Å². The number of benzene rings is 8. The first-order chi connectivity index (χ1) is 26.5. The molecule has 1 aliphatic carbocycles. The zero-order valence-corrected chi connectivity index (χ0v) is 30.0. The van der Waals surface area contributed by atoms with E-state index < -0.39 is 0 Å². The molecule has 10 aromatic rings. The molecule has 0 bridgehead atoms. The van der Waals surface area contributed by atoms with Gasteiger partial charge in [0.1, 0.15) is 11.2 Å². The van der Waals surface area contributed by atoms with Crippen molar-refractivity contribution in [3.8, 4) is 56.2 Å². The van der Waals surface area contributed by atoms with Crippen molar-refractivity contribution in [3.63, 3.8) is 0 Å². The first kappa shape index (κ1) is 30.8. The molecule has 0 amide bonds. The molecule has 254 valence electrons. The van der Waals surface area contributed by atoms with Gasteiger partial charge in [-0.25, -0.2) is 9.97 Å². The average molecular weight is 691 g/mol. The third-order valence-electron chi connectivity index (χ3n) is 11.5. The number of fused-ring (bicyclic) bond motifs is 9. The number of para-hydroxylation sites is 1. The second-order valence-corrected chi connectivity index (χ2v) is 14.9. The highest BCUT2D eigenvalue weighted by Crippen LogP contribution is 2.52. The molecule has 3 heteroatoms. The van der Waals surface area contributed by atoms with Gasteiger partial charge in [0.15, 0.2) is 5.82 Å². The Bertz CT molecular complexity index is 3130. The van der Waals surface area contributed by atoms with Gasteiger partial charge in [0, 0.05) is 32.9 Å². The Balaban J connectivity index is 1.07. The van der Waals surface area contributed by atoms with E-state index in [2.05, 4.69) is 166 Å². The lowest BCUT2D eigenvalue weighted by atomic mass is 9.81. The number of hydrogen-bond donors (Lipinski definition) is 0. The highest BCUT2D eigenvalue weighted by molar-refractivity contribution is 6.07. The van der Waals surface area contributed by atoms with Gasteiger partial charge in [0.25, 0.3) is 0 Å². The Labute approximate surface area is 313 Å². The van der Waals surface area contributed by atoms with Crippen LogP contribution in [0.3, 0.4) is 0 Å². The molecule has 0 aliphatic heterocycles. The molecule has 0 N–H and O–H groups in total. The van der Waals surface area contributed by atoms with Gasteiger partial charge in [0.05, 0.1) is 11.4 Å². The number of aromatic nitrogens is 2. The van der Waals surface area contributed by atoms with E-state index in [9.17, 15) is 0 Å². The lowest BCUT2D eigenvalue weighted by Gasteiger charge is -2.22. The van der Waals surface area contributed by atoms with Crippen LogP contribution >= 0.6 is 0 Å². The molecule has 2 aromatic heterocycles. The predicted octanol–water partition coefficient (Wildman–Crippen LogP) is 13.7. The Morgan fingerprint density at radius 1 is 0.407 bits per heavy atom. The fourth-order valence-electron chi connectivity index (χ4n) is 8.78. The monoisotopic (exact) mass is 690 g/mol. The van der Waals surface area contributed by atoms with Crippen molar-refractivity contribution in [3.05, 3.63) is 181 Å². The van der Waals surface area contributed by atoms with Crippen LogP contribution in [0.5, 0.6) is 0 Å². The largest absolute Gasteiger partial charge is 0.456 e. The van der Waals surface area contributed by atoms with Crippen molar-refractivity contribution in [1.82, 2.24) is 9.97 Å². The van der Waals surface area contributed by atoms with Crippen LogP contribution < -0.4 is 0 Å². The average Bonchev–Trinajstić information content (AvgIpc) is 3.71. The fraction of sp³-hybridized carbons (Fsp3) is 0.0588. The van der Waals surface area contributed by atoms with E-state index in [4.69, 9.17) is 14.4 Å². The van der Waals surface area contributed by atoms with Crippen LogP contribution in [0.15, 0.2) is 174 Å². The Morgan fingerprint density at radius 2 is 1.04 bits per heavy atom. The molecule has 0 fully saturated rings. The van der Waals surface area contributed by atoms with E-state index in [-0.39, 0.29) is 5.41 Å². The van der Waals surface area contributed by atoms with Crippen LogP contribution in [0.1, 0.15) is 25.0 Å². The Morgan fingerprint density at radius 3 is 1.87 bits per heavy atom. The molecule has 1 aliphatic rings. The number of furan rings is 1. The van der Waals surface area contributed by atoms with Crippen LogP contribution in [0.4, 0.5) is 0 Å². The second kappa shape index (κ2) is 11.6. The van der Waals surface area contributed by atoms with Crippen LogP contribution in [-0.2, 0) is 5.41 Å². The van der Waals surface area contributed by atoms with E-state index in [0.717, 1.165) is 55.4 Å². The van der Waals surface area contributed by atoms with Crippen molar-refractivity contribution in [2.45, 2.75) is 19.3 Å². The molecule has 0 saturated carbocycles. The van der Waals surface area contributed by atoms with Crippen molar-refractivity contribution in [2.24, 2.45) is 0 Å². The molecule has 0 unspecified atom stereocenters. The summed E-state index contributed by atoms with van der Waals surface area (Å²) in [6.45, 7) is 4.72. The fourth-order valence-corrected chi connectivity index (χ4v) is 8.78. The Kier molecular flexibility index (Phi) is 6.60. The lowest BCUT2D eigenvalue weighted by molar-refractivity contribution is 0.661. The zero-order chi connectivity index (χ0) is 36.0. The maximum absolute atomic E-state index is 6.29. The highest BCUT2D eigenvalue weighted by atomic mass is 16.3. The van der Waals surface area contributed by atoms with Gasteiger partial charge in [-0.1, -0.05) is 147 Å². The van der Waals surface area contributed by atoms with Gasteiger partial charge in [0.2, 0.25) is 0 Å². The minimum Gasteiger partial charge on any atom is -0.456 e. The molecule has 0 saturated heterocycles. The summed E-state index contributed by atoms with van der Waals surface area (Å²) in [5, 5.41) is 7.10. The van der Waals surface area contributed by atoms with Gasteiger partial charge in [-0.15, -0.1) is 0 Å². The molecule has 8 aromatic carbocycles. The van der Waals surface area contributed by atoms with Gasteiger partial charge < -0.3 is 4.42 Å². The maximum Gasteiger partial charge on any atom is 0.161 e. The molecule has 3 nitrogen and oxygen atoms in total. The summed E-state index contributed by atoms with van der Waals surface area (Å²) >= 11 is 0. The third kappa shape index (κ3) is 4.61. The molecule has 0 spiro atoms. The summed E-state index contributed by atoms with van der Waals surface area (Å²) in [5.74, 6) is 0.691. The SMILES string of the molecule is CC1(C)c2cc(-c3ccc(-c4nc(-c5ccccc5)cc(-c5ccc6c(c5)oc5ccccc56)n4)c4ccccc34)ccc2-c2c1ccc1ccccc21. The summed E-state index contributed by atoms with van der Waals surface area (Å²) in [4.78, 5) is 10.5. The lowest BCUT2D eigenvalue weighted by Crippen LogP contribution is -2.15. The summed E-state index contributed by atoms with van der Waals surface area (Å²) in [5.41, 5.74) is 14.2. The first-order valence-corrected chi connectivity index (χ1v) is 18.6. The summed E-state index contributed by atoms with van der Waals surface area (Å²) in [6.07, 6.45) is 0. The minimum atomic E-state index is -0.117. The van der Waals surface area contributed by atoms with E-state index in [1.807, 2.05) is 18.2 Å². The summed E-state index contributed by atoms with van der Waals surface area (Å²) in [6, 6.07) is 60.6. The standard InChI is InChI=1S/C51H34N2O/c1-51(2)43-27-22-31-12-6-7-15-36(31)49(43)42-24-20-33(28-44(42)51)35-25-26-41(38-17-9-8-16-37(35)38)50-52-45(32-13-4-3-5-14-32)30-46(53-50)34-21-23-40-39-18-10-11-19-47(39)54-48(40)29-34/h3-30H,1-2H3. The topological polar surface area (TPSA) is 38.9 Å². The van der Waals surface area contributed by atoms with E-state index in [1.165, 1.54) is 49.5 Å². The molecule has 0 radical (unpaired) electrons. The van der Waals surface area contributed by atoms with Gasteiger partial charge in [-0.2, -0.15) is 0 Å². The number of hydrogen-bond acceptors (Lipinski definition) is 3. The highest BCUT2D eigenvalue weighted by Gasteiger charge is 2.36. The van der Waals surface area contributed by atoms with E-state index in [1.54, 1.807) is 0 Å². The molecular weight excluding hydrogens is 657 g/mol.